The van der Waals surface area contributed by atoms with E-state index in [1.807, 2.05) is 26.0 Å². The van der Waals surface area contributed by atoms with E-state index in [-0.39, 0.29) is 6.61 Å². The Hall–Kier alpha value is -1.09. The standard InChI is InChI=1S/C9H13NO2/c1-3-8(6-11)5-9-4-7(2)10-12-9/h4-5,11H,3,6H2,1-2H3/b8-5+. The SMILES string of the molecule is CC/C(=C\c1cc(C)no1)CO. The lowest BCUT2D eigenvalue weighted by Gasteiger charge is -1.95. The van der Waals surface area contributed by atoms with Gasteiger partial charge in [-0.2, -0.15) is 0 Å². The maximum Gasteiger partial charge on any atom is 0.159 e. The van der Waals surface area contributed by atoms with Crippen molar-refractivity contribution >= 4 is 6.08 Å². The highest BCUT2D eigenvalue weighted by atomic mass is 16.5. The van der Waals surface area contributed by atoms with E-state index in [0.29, 0.717) is 5.76 Å². The zero-order valence-electron chi connectivity index (χ0n) is 7.37. The number of hydrogen-bond acceptors (Lipinski definition) is 3. The van der Waals surface area contributed by atoms with Crippen molar-refractivity contribution in [3.05, 3.63) is 23.1 Å². The third kappa shape index (κ3) is 2.20. The summed E-state index contributed by atoms with van der Waals surface area (Å²) in [6.45, 7) is 3.94. The van der Waals surface area contributed by atoms with E-state index >= 15 is 0 Å². The molecule has 3 nitrogen and oxygen atoms in total. The number of aliphatic hydroxyl groups is 1. The summed E-state index contributed by atoms with van der Waals surface area (Å²) in [5.74, 6) is 0.707. The van der Waals surface area contributed by atoms with Crippen LogP contribution in [0.4, 0.5) is 0 Å². The van der Waals surface area contributed by atoms with Crippen LogP contribution in [0.3, 0.4) is 0 Å². The lowest BCUT2D eigenvalue weighted by atomic mass is 10.2. The highest BCUT2D eigenvalue weighted by Gasteiger charge is 1.98. The maximum atomic E-state index is 8.86. The molecule has 0 unspecified atom stereocenters. The topological polar surface area (TPSA) is 46.3 Å². The van der Waals surface area contributed by atoms with Crippen LogP contribution in [0.25, 0.3) is 6.08 Å². The van der Waals surface area contributed by atoms with Crippen LogP contribution in [0.5, 0.6) is 0 Å². The quantitative estimate of drug-likeness (QED) is 0.746. The van der Waals surface area contributed by atoms with Crippen molar-refractivity contribution in [3.8, 4) is 0 Å². The van der Waals surface area contributed by atoms with Gasteiger partial charge in [0.15, 0.2) is 5.76 Å². The molecule has 0 saturated carbocycles. The minimum absolute atomic E-state index is 0.0796. The molecule has 0 radical (unpaired) electrons. The monoisotopic (exact) mass is 167 g/mol. The van der Waals surface area contributed by atoms with Crippen LogP contribution in [-0.4, -0.2) is 16.9 Å². The molecule has 1 rings (SSSR count). The van der Waals surface area contributed by atoms with Gasteiger partial charge in [0.2, 0.25) is 0 Å². The molecular weight excluding hydrogens is 154 g/mol. The van der Waals surface area contributed by atoms with Crippen LogP contribution in [0.1, 0.15) is 24.8 Å². The molecule has 0 amide bonds. The molecular formula is C9H13NO2. The molecule has 0 fully saturated rings. The first-order valence-electron chi connectivity index (χ1n) is 4.00. The Labute approximate surface area is 71.7 Å². The second-order valence-electron chi connectivity index (χ2n) is 2.68. The molecule has 12 heavy (non-hydrogen) atoms. The van der Waals surface area contributed by atoms with Crippen LogP contribution < -0.4 is 0 Å². The Balaban J connectivity index is 2.78. The number of rotatable bonds is 3. The molecule has 1 N–H and O–H groups in total. The molecule has 0 aliphatic heterocycles. The number of aromatic nitrogens is 1. The fourth-order valence-electron chi connectivity index (χ4n) is 0.912. The first-order valence-corrected chi connectivity index (χ1v) is 4.00. The number of nitrogens with zero attached hydrogens (tertiary/aromatic N) is 1. The summed E-state index contributed by atoms with van der Waals surface area (Å²) in [4.78, 5) is 0. The number of hydrogen-bond donors (Lipinski definition) is 1. The van der Waals surface area contributed by atoms with Gasteiger partial charge in [0.25, 0.3) is 0 Å². The Morgan fingerprint density at radius 3 is 2.92 bits per heavy atom. The maximum absolute atomic E-state index is 8.86. The van der Waals surface area contributed by atoms with E-state index in [2.05, 4.69) is 5.16 Å². The van der Waals surface area contributed by atoms with Gasteiger partial charge < -0.3 is 9.63 Å². The summed E-state index contributed by atoms with van der Waals surface area (Å²) in [6, 6.07) is 1.84. The molecule has 0 spiro atoms. The predicted molar refractivity (Wildman–Crippen MR) is 46.6 cm³/mol. The largest absolute Gasteiger partial charge is 0.392 e. The van der Waals surface area contributed by atoms with Gasteiger partial charge >= 0.3 is 0 Å². The molecule has 3 heteroatoms. The third-order valence-corrected chi connectivity index (χ3v) is 1.65. The van der Waals surface area contributed by atoms with Crippen molar-refractivity contribution in [2.45, 2.75) is 20.3 Å². The summed E-state index contributed by atoms with van der Waals surface area (Å²) in [6.07, 6.45) is 2.65. The summed E-state index contributed by atoms with van der Waals surface area (Å²) in [5, 5.41) is 12.6. The van der Waals surface area contributed by atoms with E-state index in [9.17, 15) is 0 Å². The Bertz CT molecular complexity index is 270. The van der Waals surface area contributed by atoms with E-state index in [1.165, 1.54) is 0 Å². The van der Waals surface area contributed by atoms with Gasteiger partial charge in [0.05, 0.1) is 12.3 Å². The summed E-state index contributed by atoms with van der Waals surface area (Å²) < 4.78 is 4.96. The molecule has 1 aromatic rings. The lowest BCUT2D eigenvalue weighted by Crippen LogP contribution is -1.86. The van der Waals surface area contributed by atoms with Crippen molar-refractivity contribution in [2.24, 2.45) is 0 Å². The summed E-state index contributed by atoms with van der Waals surface area (Å²) >= 11 is 0. The van der Waals surface area contributed by atoms with Gasteiger partial charge in [0, 0.05) is 6.07 Å². The molecule has 1 aromatic heterocycles. The molecule has 0 aliphatic carbocycles. The number of aliphatic hydroxyl groups excluding tert-OH is 1. The Kier molecular flexibility index (Phi) is 3.05. The summed E-state index contributed by atoms with van der Waals surface area (Å²) in [5.41, 5.74) is 1.81. The van der Waals surface area contributed by atoms with Crippen LogP contribution in [0.15, 0.2) is 16.2 Å². The minimum Gasteiger partial charge on any atom is -0.392 e. The van der Waals surface area contributed by atoms with Crippen molar-refractivity contribution in [1.82, 2.24) is 5.16 Å². The van der Waals surface area contributed by atoms with Crippen molar-refractivity contribution in [2.75, 3.05) is 6.61 Å². The average molecular weight is 167 g/mol. The van der Waals surface area contributed by atoms with Crippen LogP contribution in [0.2, 0.25) is 0 Å². The Morgan fingerprint density at radius 1 is 1.75 bits per heavy atom. The Morgan fingerprint density at radius 2 is 2.50 bits per heavy atom. The van der Waals surface area contributed by atoms with Gasteiger partial charge in [0.1, 0.15) is 0 Å². The lowest BCUT2D eigenvalue weighted by molar-refractivity contribution is 0.328. The normalized spacial score (nSPS) is 12.1. The first-order chi connectivity index (χ1) is 5.76. The average Bonchev–Trinajstić information content (AvgIpc) is 2.47. The minimum atomic E-state index is 0.0796. The van der Waals surface area contributed by atoms with Gasteiger partial charge in [-0.05, 0) is 25.0 Å². The molecule has 0 atom stereocenters. The fourth-order valence-corrected chi connectivity index (χ4v) is 0.912. The molecule has 0 bridgehead atoms. The highest BCUT2D eigenvalue weighted by molar-refractivity contribution is 5.47. The smallest absolute Gasteiger partial charge is 0.159 e. The van der Waals surface area contributed by atoms with E-state index < -0.39 is 0 Å². The molecule has 1 heterocycles. The highest BCUT2D eigenvalue weighted by Crippen LogP contribution is 2.09. The zero-order valence-corrected chi connectivity index (χ0v) is 7.37. The van der Waals surface area contributed by atoms with Crippen LogP contribution in [-0.2, 0) is 0 Å². The number of aryl methyl sites for hydroxylation is 1. The van der Waals surface area contributed by atoms with Crippen molar-refractivity contribution in [3.63, 3.8) is 0 Å². The van der Waals surface area contributed by atoms with E-state index in [1.54, 1.807) is 0 Å². The fraction of sp³-hybridized carbons (Fsp3) is 0.444. The first kappa shape index (κ1) is 9.00. The second-order valence-corrected chi connectivity index (χ2v) is 2.68. The van der Waals surface area contributed by atoms with Crippen LogP contribution in [0, 0.1) is 6.92 Å². The predicted octanol–water partition coefficient (Wildman–Crippen LogP) is 1.77. The summed E-state index contributed by atoms with van der Waals surface area (Å²) in [7, 11) is 0. The second kappa shape index (κ2) is 4.07. The third-order valence-electron chi connectivity index (χ3n) is 1.65. The van der Waals surface area contributed by atoms with Crippen LogP contribution >= 0.6 is 0 Å². The zero-order chi connectivity index (χ0) is 8.97. The van der Waals surface area contributed by atoms with Gasteiger partial charge in [-0.25, -0.2) is 0 Å². The molecule has 0 saturated heterocycles. The van der Waals surface area contributed by atoms with E-state index in [4.69, 9.17) is 9.63 Å². The van der Waals surface area contributed by atoms with Crippen molar-refractivity contribution < 1.29 is 9.63 Å². The van der Waals surface area contributed by atoms with Gasteiger partial charge in [-0.3, -0.25) is 0 Å². The molecule has 0 aliphatic rings. The van der Waals surface area contributed by atoms with Gasteiger partial charge in [-0.15, -0.1) is 0 Å². The van der Waals surface area contributed by atoms with E-state index in [0.717, 1.165) is 17.7 Å². The molecule has 0 aromatic carbocycles. The van der Waals surface area contributed by atoms with Crippen molar-refractivity contribution in [1.29, 1.82) is 0 Å². The van der Waals surface area contributed by atoms with Gasteiger partial charge in [-0.1, -0.05) is 12.1 Å². The molecule has 66 valence electrons.